The number of benzene rings is 2. The Bertz CT molecular complexity index is 820. The highest BCUT2D eigenvalue weighted by Crippen LogP contribution is 2.19. The van der Waals surface area contributed by atoms with E-state index >= 15 is 0 Å². The van der Waals surface area contributed by atoms with Gasteiger partial charge in [0.25, 0.3) is 5.91 Å². The smallest absolute Gasteiger partial charge is 0.261 e. The van der Waals surface area contributed by atoms with Gasteiger partial charge < -0.3 is 15.0 Å². The van der Waals surface area contributed by atoms with E-state index in [-0.39, 0.29) is 24.5 Å². The second-order valence-electron chi connectivity index (χ2n) is 7.77. The molecule has 1 aliphatic rings. The van der Waals surface area contributed by atoms with Crippen LogP contribution in [0.4, 0.5) is 0 Å². The lowest BCUT2D eigenvalue weighted by Gasteiger charge is -2.31. The fourth-order valence-corrected chi connectivity index (χ4v) is 3.81. The minimum atomic E-state index is -0.602. The van der Waals surface area contributed by atoms with E-state index in [2.05, 4.69) is 5.32 Å². The maximum Gasteiger partial charge on any atom is 0.261 e. The summed E-state index contributed by atoms with van der Waals surface area (Å²) in [5.74, 6) is 0.264. The highest BCUT2D eigenvalue weighted by molar-refractivity contribution is 6.30. The van der Waals surface area contributed by atoms with Gasteiger partial charge >= 0.3 is 0 Å². The van der Waals surface area contributed by atoms with Gasteiger partial charge in [0, 0.05) is 17.6 Å². The Hall–Kier alpha value is -2.53. The Morgan fingerprint density at radius 2 is 1.73 bits per heavy atom. The Kier molecular flexibility index (Phi) is 8.14. The highest BCUT2D eigenvalue weighted by Gasteiger charge is 2.28. The lowest BCUT2D eigenvalue weighted by molar-refractivity contribution is -0.142. The minimum absolute atomic E-state index is 0.121. The summed E-state index contributed by atoms with van der Waals surface area (Å²) in [7, 11) is 0. The average molecular weight is 429 g/mol. The van der Waals surface area contributed by atoms with E-state index in [0.717, 1.165) is 31.2 Å². The normalized spacial score (nSPS) is 15.3. The summed E-state index contributed by atoms with van der Waals surface area (Å²) in [6.07, 6.45) is 5.50. The van der Waals surface area contributed by atoms with E-state index in [1.165, 1.54) is 6.42 Å². The maximum absolute atomic E-state index is 13.0. The highest BCUT2D eigenvalue weighted by atomic mass is 35.5. The van der Waals surface area contributed by atoms with Gasteiger partial charge in [-0.1, -0.05) is 61.2 Å². The van der Waals surface area contributed by atoms with Crippen LogP contribution in [0, 0.1) is 0 Å². The Balaban J connectivity index is 1.68. The van der Waals surface area contributed by atoms with Crippen LogP contribution in [0.3, 0.4) is 0 Å². The number of carbonyl (C=O) groups is 2. The molecule has 0 saturated heterocycles. The molecule has 160 valence electrons. The summed E-state index contributed by atoms with van der Waals surface area (Å²) >= 11 is 5.99. The first kappa shape index (κ1) is 22.2. The van der Waals surface area contributed by atoms with Gasteiger partial charge in [0.2, 0.25) is 5.91 Å². The number of amides is 2. The molecular weight excluding hydrogens is 400 g/mol. The van der Waals surface area contributed by atoms with Crippen molar-refractivity contribution in [3.05, 3.63) is 65.2 Å². The van der Waals surface area contributed by atoms with Crippen LogP contribution in [0.25, 0.3) is 0 Å². The van der Waals surface area contributed by atoms with E-state index in [9.17, 15) is 9.59 Å². The summed E-state index contributed by atoms with van der Waals surface area (Å²) < 4.78 is 5.64. The Labute approximate surface area is 183 Å². The van der Waals surface area contributed by atoms with E-state index in [0.29, 0.717) is 17.3 Å². The van der Waals surface area contributed by atoms with E-state index in [4.69, 9.17) is 16.3 Å². The van der Waals surface area contributed by atoms with Crippen molar-refractivity contribution in [2.75, 3.05) is 6.61 Å². The summed E-state index contributed by atoms with van der Waals surface area (Å²) in [6.45, 7) is 1.96. The van der Waals surface area contributed by atoms with Crippen LogP contribution in [0.15, 0.2) is 54.6 Å². The zero-order chi connectivity index (χ0) is 21.3. The number of hydrogen-bond acceptors (Lipinski definition) is 3. The molecule has 3 rings (SSSR count). The molecule has 2 aromatic rings. The molecule has 1 N–H and O–H groups in total. The molecule has 1 unspecified atom stereocenters. The minimum Gasteiger partial charge on any atom is -0.484 e. The van der Waals surface area contributed by atoms with Crippen LogP contribution in [-0.2, 0) is 16.1 Å². The summed E-state index contributed by atoms with van der Waals surface area (Å²) in [6, 6.07) is 16.1. The zero-order valence-corrected chi connectivity index (χ0v) is 18.1. The molecule has 1 atom stereocenters. The molecule has 0 aliphatic heterocycles. The van der Waals surface area contributed by atoms with E-state index < -0.39 is 6.04 Å². The predicted molar refractivity (Wildman–Crippen MR) is 118 cm³/mol. The number of hydrogen-bond donors (Lipinski definition) is 1. The molecule has 1 aliphatic carbocycles. The van der Waals surface area contributed by atoms with Gasteiger partial charge in [-0.05, 0) is 49.6 Å². The standard InChI is InChI=1S/C24H29ClN2O3/c1-18(24(29)26-21-8-4-2-5-9-21)27(16-19-12-14-20(25)15-13-19)23(28)17-30-22-10-6-3-7-11-22/h3,6-7,10-15,18,21H,2,4-5,8-9,16-17H2,1H3,(H,26,29). The summed E-state index contributed by atoms with van der Waals surface area (Å²) in [5.41, 5.74) is 0.907. The molecule has 2 amide bonds. The molecule has 2 aromatic carbocycles. The topological polar surface area (TPSA) is 58.6 Å². The number of nitrogens with one attached hydrogen (secondary N) is 1. The van der Waals surface area contributed by atoms with Gasteiger partial charge in [-0.3, -0.25) is 9.59 Å². The summed E-state index contributed by atoms with van der Waals surface area (Å²) in [5, 5.41) is 3.76. The van der Waals surface area contributed by atoms with Crippen molar-refractivity contribution in [1.29, 1.82) is 0 Å². The van der Waals surface area contributed by atoms with Crippen molar-refractivity contribution >= 4 is 23.4 Å². The molecular formula is C24H29ClN2O3. The van der Waals surface area contributed by atoms with Crippen molar-refractivity contribution in [2.24, 2.45) is 0 Å². The van der Waals surface area contributed by atoms with Crippen molar-refractivity contribution in [2.45, 2.75) is 57.7 Å². The number of halogens is 1. The molecule has 0 aromatic heterocycles. The van der Waals surface area contributed by atoms with Gasteiger partial charge in [0.15, 0.2) is 6.61 Å². The fourth-order valence-electron chi connectivity index (χ4n) is 3.68. The predicted octanol–water partition coefficient (Wildman–Crippen LogP) is 4.59. The van der Waals surface area contributed by atoms with Gasteiger partial charge in [-0.2, -0.15) is 0 Å². The van der Waals surface area contributed by atoms with Crippen molar-refractivity contribution < 1.29 is 14.3 Å². The maximum atomic E-state index is 13.0. The van der Waals surface area contributed by atoms with Crippen LogP contribution in [0.5, 0.6) is 5.75 Å². The molecule has 1 saturated carbocycles. The first-order valence-electron chi connectivity index (χ1n) is 10.5. The Morgan fingerprint density at radius 3 is 2.40 bits per heavy atom. The molecule has 0 bridgehead atoms. The number of carbonyl (C=O) groups excluding carboxylic acids is 2. The Morgan fingerprint density at radius 1 is 1.07 bits per heavy atom. The summed E-state index contributed by atoms with van der Waals surface area (Å²) in [4.78, 5) is 27.5. The zero-order valence-electron chi connectivity index (χ0n) is 17.4. The molecule has 0 heterocycles. The number of para-hydroxylation sites is 1. The van der Waals surface area contributed by atoms with Crippen LogP contribution < -0.4 is 10.1 Å². The van der Waals surface area contributed by atoms with E-state index in [1.54, 1.807) is 36.1 Å². The van der Waals surface area contributed by atoms with Crippen LogP contribution in [-0.4, -0.2) is 35.4 Å². The van der Waals surface area contributed by atoms with Crippen LogP contribution in [0.1, 0.15) is 44.6 Å². The molecule has 1 fully saturated rings. The van der Waals surface area contributed by atoms with Gasteiger partial charge in [0.1, 0.15) is 11.8 Å². The number of ether oxygens (including phenoxy) is 1. The third-order valence-corrected chi connectivity index (χ3v) is 5.74. The van der Waals surface area contributed by atoms with Gasteiger partial charge in [-0.25, -0.2) is 0 Å². The number of nitrogens with zero attached hydrogens (tertiary/aromatic N) is 1. The first-order chi connectivity index (χ1) is 14.5. The molecule has 5 nitrogen and oxygen atoms in total. The lowest BCUT2D eigenvalue weighted by Crippen LogP contribution is -2.51. The monoisotopic (exact) mass is 428 g/mol. The molecule has 30 heavy (non-hydrogen) atoms. The average Bonchev–Trinajstić information content (AvgIpc) is 2.78. The molecule has 0 radical (unpaired) electrons. The fraction of sp³-hybridized carbons (Fsp3) is 0.417. The second kappa shape index (κ2) is 11.0. The van der Waals surface area contributed by atoms with Crippen LogP contribution >= 0.6 is 11.6 Å². The van der Waals surface area contributed by atoms with Gasteiger partial charge in [0.05, 0.1) is 0 Å². The molecule has 0 spiro atoms. The largest absolute Gasteiger partial charge is 0.484 e. The quantitative estimate of drug-likeness (QED) is 0.669. The molecule has 6 heteroatoms. The number of rotatable bonds is 8. The van der Waals surface area contributed by atoms with Gasteiger partial charge in [-0.15, -0.1) is 0 Å². The third kappa shape index (κ3) is 6.49. The third-order valence-electron chi connectivity index (χ3n) is 5.49. The lowest BCUT2D eigenvalue weighted by atomic mass is 9.95. The van der Waals surface area contributed by atoms with Crippen molar-refractivity contribution in [1.82, 2.24) is 10.2 Å². The first-order valence-corrected chi connectivity index (χ1v) is 10.9. The van der Waals surface area contributed by atoms with Crippen molar-refractivity contribution in [3.63, 3.8) is 0 Å². The second-order valence-corrected chi connectivity index (χ2v) is 8.21. The van der Waals surface area contributed by atoms with Crippen LogP contribution in [0.2, 0.25) is 5.02 Å². The SMILES string of the molecule is CC(C(=O)NC1CCCCC1)N(Cc1ccc(Cl)cc1)C(=O)COc1ccccc1. The van der Waals surface area contributed by atoms with Crippen molar-refractivity contribution in [3.8, 4) is 5.75 Å². The van der Waals surface area contributed by atoms with E-state index in [1.807, 2.05) is 30.3 Å².